The summed E-state index contributed by atoms with van der Waals surface area (Å²) in [7, 11) is 0. The van der Waals surface area contributed by atoms with Crippen LogP contribution in [0, 0.1) is 47.2 Å². The van der Waals surface area contributed by atoms with Gasteiger partial charge in [0, 0.05) is 0 Å². The molecule has 0 aromatic heterocycles. The molecule has 0 radical (unpaired) electrons. The fourth-order valence-corrected chi connectivity index (χ4v) is 0. The van der Waals surface area contributed by atoms with Gasteiger partial charge in [-0.05, 0) is 0 Å². The molecule has 61 valence electrons. The van der Waals surface area contributed by atoms with Crippen LogP contribution in [0.25, 0.3) is 0 Å². The van der Waals surface area contributed by atoms with E-state index in [2.05, 4.69) is 0 Å². The average Bonchev–Trinajstić information content (AvgIpc) is 1.00. The van der Waals surface area contributed by atoms with Gasteiger partial charge in [-0.15, -0.1) is 0 Å². The first-order valence-corrected chi connectivity index (χ1v) is 1.14. The van der Waals surface area contributed by atoms with E-state index in [-0.39, 0.29) is 32.9 Å². The summed E-state index contributed by atoms with van der Waals surface area (Å²) in [5, 5.41) is 0. The Morgan fingerprint density at radius 1 is 0.500 bits per heavy atom. The standard InChI is InChI=1S/Eu.6H2O.O/h;6*1H2;. The molecule has 0 spiro atoms. The maximum absolute atomic E-state index is 8.31. The van der Waals surface area contributed by atoms with Crippen molar-refractivity contribution < 1.29 is 80.0 Å². The van der Waals surface area contributed by atoms with Crippen molar-refractivity contribution in [2.45, 2.75) is 0 Å². The van der Waals surface area contributed by atoms with Crippen LogP contribution in [0.5, 0.6) is 0 Å². The molecule has 0 aliphatic heterocycles. The first-order chi connectivity index (χ1) is 1.00. The van der Waals surface area contributed by atoms with Gasteiger partial charge >= 0.3 is 47.2 Å². The van der Waals surface area contributed by atoms with Gasteiger partial charge in [0.1, 0.15) is 0 Å². The molecule has 0 unspecified atom stereocenters. The summed E-state index contributed by atoms with van der Waals surface area (Å²) in [6, 6.07) is 0. The van der Waals surface area contributed by atoms with Gasteiger partial charge in [0.15, 0.2) is 0 Å². The SMILES string of the molecule is O.O.O.O.O.O.[O]=[Eu]. The van der Waals surface area contributed by atoms with Crippen LogP contribution in [0.3, 0.4) is 0 Å². The second-order valence-corrected chi connectivity index (χ2v) is 0. The van der Waals surface area contributed by atoms with Crippen molar-refractivity contribution in [3.05, 3.63) is 0 Å². The van der Waals surface area contributed by atoms with E-state index in [0.717, 1.165) is 0 Å². The molecule has 0 bridgehead atoms. The Bertz CT molecular complexity index is 4.35. The molecule has 0 saturated carbocycles. The Balaban J connectivity index is -0.000000000333. The molecule has 0 saturated heterocycles. The molecule has 0 amide bonds. The molecule has 7 nitrogen and oxygen atoms in total. The van der Waals surface area contributed by atoms with Crippen molar-refractivity contribution in [1.29, 1.82) is 0 Å². The van der Waals surface area contributed by atoms with Gasteiger partial charge in [0.05, 0.1) is 0 Å². The topological polar surface area (TPSA) is 206 Å². The first-order valence-electron chi connectivity index (χ1n) is 0.154. The summed E-state index contributed by atoms with van der Waals surface area (Å²) in [5.74, 6) is 0. The fourth-order valence-electron chi connectivity index (χ4n) is 0. The monoisotopic (exact) mass is 277 g/mol. The summed E-state index contributed by atoms with van der Waals surface area (Å²) in [4.78, 5) is 0. The average molecular weight is 276 g/mol. The van der Waals surface area contributed by atoms with Crippen LogP contribution in [0.1, 0.15) is 0 Å². The molecule has 0 aromatic rings. The van der Waals surface area contributed by atoms with E-state index < -0.39 is 0 Å². The third-order valence-corrected chi connectivity index (χ3v) is 0. The van der Waals surface area contributed by atoms with Gasteiger partial charge in [0.25, 0.3) is 0 Å². The van der Waals surface area contributed by atoms with E-state index in [1.807, 2.05) is 0 Å². The Morgan fingerprint density at radius 3 is 0.500 bits per heavy atom. The normalized spacial score (nSPS) is 0.500. The van der Waals surface area contributed by atoms with Gasteiger partial charge in [-0.3, -0.25) is 0 Å². The zero-order valence-corrected chi connectivity index (χ0v) is 6.21. The Labute approximate surface area is 79.1 Å². The third kappa shape index (κ3) is 206. The Morgan fingerprint density at radius 2 is 0.500 bits per heavy atom. The van der Waals surface area contributed by atoms with Crippen LogP contribution in [-0.2, 0) is -0.0232 Å². The summed E-state index contributed by atoms with van der Waals surface area (Å²) in [5.41, 5.74) is 0. The molecule has 0 aliphatic rings. The summed E-state index contributed by atoms with van der Waals surface area (Å²) >= 11 is 0.472. The number of rotatable bonds is 0. The second kappa shape index (κ2) is 317. The van der Waals surface area contributed by atoms with E-state index in [9.17, 15) is 0 Å². The first kappa shape index (κ1) is 132. The van der Waals surface area contributed by atoms with Crippen LogP contribution >= 0.6 is 0 Å². The van der Waals surface area contributed by atoms with E-state index in [4.69, 9.17) is -0.0232 Å². The molecule has 12 N–H and O–H groups in total. The zero-order chi connectivity index (χ0) is 2.00. The summed E-state index contributed by atoms with van der Waals surface area (Å²) in [6.45, 7) is 0. The fraction of sp³-hybridized carbons (Fsp3) is 0. The quantitative estimate of drug-likeness (QED) is 0.418. The predicted molar refractivity (Wildman–Crippen MR) is 22.4 cm³/mol. The van der Waals surface area contributed by atoms with Crippen LogP contribution < -0.4 is 0 Å². The molecule has 8 heteroatoms. The number of hydrogen-bond acceptors (Lipinski definition) is 1. The molecule has 0 aliphatic carbocycles. The second-order valence-electron chi connectivity index (χ2n) is 0. The van der Waals surface area contributed by atoms with E-state index in [0.29, 0.717) is 47.2 Å². The van der Waals surface area contributed by atoms with Gasteiger partial charge in [-0.25, -0.2) is 0 Å². The van der Waals surface area contributed by atoms with Crippen LogP contribution in [0.15, 0.2) is 0 Å². The molecule has 8 heavy (non-hydrogen) atoms. The van der Waals surface area contributed by atoms with E-state index in [1.165, 1.54) is 0 Å². The molecule has 0 fully saturated rings. The van der Waals surface area contributed by atoms with Crippen molar-refractivity contribution in [3.63, 3.8) is 0 Å². The Hall–Kier alpha value is 1.14. The predicted octanol–water partition coefficient (Wildman–Crippen LogP) is -5.07. The van der Waals surface area contributed by atoms with Crippen LogP contribution in [0.4, 0.5) is 0 Å². The Kier molecular flexibility index (Phi) is 5230. The van der Waals surface area contributed by atoms with Crippen molar-refractivity contribution in [1.82, 2.24) is 0 Å². The van der Waals surface area contributed by atoms with E-state index in [1.54, 1.807) is 0 Å². The van der Waals surface area contributed by atoms with Crippen molar-refractivity contribution in [2.24, 2.45) is 0 Å². The minimum absolute atomic E-state index is 0. The van der Waals surface area contributed by atoms with Gasteiger partial charge in [0.2, 0.25) is 0 Å². The minimum atomic E-state index is 0. The van der Waals surface area contributed by atoms with Gasteiger partial charge in [-0.1, -0.05) is 0 Å². The van der Waals surface area contributed by atoms with Crippen molar-refractivity contribution >= 4 is 0 Å². The maximum atomic E-state index is 8.31. The molecule has 0 rings (SSSR count). The third-order valence-electron chi connectivity index (χ3n) is 0. The van der Waals surface area contributed by atoms with Crippen molar-refractivity contribution in [2.75, 3.05) is 0 Å². The molecule has 0 heterocycles. The zero-order valence-electron chi connectivity index (χ0n) is 3.79. The summed E-state index contributed by atoms with van der Waals surface area (Å²) in [6.07, 6.45) is 0. The van der Waals surface area contributed by atoms with Crippen molar-refractivity contribution in [3.8, 4) is 0 Å². The van der Waals surface area contributed by atoms with Crippen LogP contribution in [-0.4, -0.2) is 32.9 Å². The molecular weight excluding hydrogens is 264 g/mol. The molecule has 0 atom stereocenters. The molecule has 0 aromatic carbocycles. The number of hydrogen-bond donors (Lipinski definition) is 0. The van der Waals surface area contributed by atoms with Gasteiger partial charge in [-0.2, -0.15) is 0 Å². The molecular formula is H12EuO7. The summed E-state index contributed by atoms with van der Waals surface area (Å²) < 4.78 is 8.31. The van der Waals surface area contributed by atoms with Crippen LogP contribution in [0.2, 0.25) is 0 Å². The van der Waals surface area contributed by atoms with E-state index >= 15 is 0 Å². The van der Waals surface area contributed by atoms with Gasteiger partial charge < -0.3 is 32.9 Å².